The quantitative estimate of drug-likeness (QED) is 0.0260. The first-order valence-electron chi connectivity index (χ1n) is 51.3. The van der Waals surface area contributed by atoms with Crippen LogP contribution in [0, 0.1) is 0 Å². The Morgan fingerprint density at radius 2 is 0.351 bits per heavy atom. The summed E-state index contributed by atoms with van der Waals surface area (Å²) in [6, 6.07) is 9.51. The van der Waals surface area contributed by atoms with Gasteiger partial charge in [-0.15, -0.1) is 0 Å². The molecule has 14 nitrogen and oxygen atoms in total. The lowest BCUT2D eigenvalue weighted by atomic mass is 10.0. The van der Waals surface area contributed by atoms with Crippen LogP contribution in [0.5, 0.6) is 0 Å². The van der Waals surface area contributed by atoms with Gasteiger partial charge in [0.15, 0.2) is 0 Å². The van der Waals surface area contributed by atoms with Crippen molar-refractivity contribution in [2.75, 3.05) is 39.6 Å². The van der Waals surface area contributed by atoms with Crippen molar-refractivity contribution in [1.82, 2.24) is 0 Å². The van der Waals surface area contributed by atoms with Crippen LogP contribution in [0.25, 0.3) is 0 Å². The highest BCUT2D eigenvalue weighted by molar-refractivity contribution is 5.88. The van der Waals surface area contributed by atoms with Gasteiger partial charge in [-0.25, -0.2) is 33.6 Å². The number of hydrogen-bond acceptors (Lipinski definition) is 14. The summed E-state index contributed by atoms with van der Waals surface area (Å²) in [4.78, 5) is 75.4. The van der Waals surface area contributed by atoms with Gasteiger partial charge in [0.25, 0.3) is 0 Å². The lowest BCUT2D eigenvalue weighted by Gasteiger charge is -2.05. The molecule has 0 aliphatic carbocycles. The van der Waals surface area contributed by atoms with Crippen LogP contribution in [0.4, 0.5) is 0 Å². The van der Waals surface area contributed by atoms with Gasteiger partial charge in [-0.05, 0) is 72.8 Å². The number of esters is 7. The summed E-state index contributed by atoms with van der Waals surface area (Å²) in [5.74, 6) is -2.13. The maximum absolute atomic E-state index is 11.2. The molecule has 1 aromatic rings. The van der Waals surface area contributed by atoms with Crippen LogP contribution in [0.2, 0.25) is 0 Å². The smallest absolute Gasteiger partial charge is 0.333 e. The molecule has 0 saturated carbocycles. The van der Waals surface area contributed by atoms with Crippen molar-refractivity contribution < 1.29 is 66.7 Å². The van der Waals surface area contributed by atoms with Gasteiger partial charge in [0.2, 0.25) is 0 Å². The van der Waals surface area contributed by atoms with E-state index in [-0.39, 0.29) is 109 Å². The number of carbonyl (C=O) groups excluding carboxylic acids is 7. The van der Waals surface area contributed by atoms with Crippen molar-refractivity contribution in [3.8, 4) is 0 Å². The average molecular weight is 1910 g/mol. The molecule has 0 bridgehead atoms. The first-order chi connectivity index (χ1) is 60.6. The molecule has 0 unspecified atom stereocenters. The number of hydrogen-bond donors (Lipinski definition) is 0. The number of benzene rings is 1. The molecule has 0 atom stereocenters. The van der Waals surface area contributed by atoms with Gasteiger partial charge in [0, 0.05) is 40.5 Å². The number of unbranched alkanes of at least 4 members (excludes halogenated alkanes) is 60. The molecule has 0 aromatic heterocycles. The van der Waals surface area contributed by atoms with E-state index in [0.717, 1.165) is 37.3 Å². The van der Waals surface area contributed by atoms with Gasteiger partial charge in [-0.2, -0.15) is 0 Å². The molecule has 1 aromatic carbocycles. The predicted molar refractivity (Wildman–Crippen MR) is 598 cm³/mol. The maximum Gasteiger partial charge on any atom is 0.333 e. The Kier molecular flexibility index (Phi) is 180. The van der Waals surface area contributed by atoms with E-state index in [1.165, 1.54) is 404 Å². The Bertz CT molecular complexity index is 2520. The Labute approximate surface area is 839 Å². The fraction of sp³-hybridized carbons (Fsp3) is 0.775. The van der Waals surface area contributed by atoms with Gasteiger partial charge < -0.3 is 33.2 Å². The monoisotopic (exact) mass is 1900 g/mol. The molecule has 0 aliphatic heterocycles. The first-order valence-corrected chi connectivity index (χ1v) is 51.3. The minimum atomic E-state index is -0.390. The first kappa shape index (κ1) is 164. The third kappa shape index (κ3) is 159. The van der Waals surface area contributed by atoms with E-state index in [1.54, 1.807) is 41.5 Å². The lowest BCUT2D eigenvalue weighted by Crippen LogP contribution is -2.05. The average Bonchev–Trinajstić information content (AvgIpc) is 0.952. The van der Waals surface area contributed by atoms with E-state index in [1.807, 2.05) is 30.3 Å². The molecule has 134 heavy (non-hydrogen) atoms. The lowest BCUT2D eigenvalue weighted by molar-refractivity contribution is -0.139. The molecule has 0 heterocycles. The molecule has 0 radical (unpaired) electrons. The molecule has 0 saturated heterocycles. The van der Waals surface area contributed by atoms with Crippen LogP contribution in [-0.4, -0.2) is 81.4 Å². The van der Waals surface area contributed by atoms with Gasteiger partial charge in [0.05, 0.1) is 39.6 Å². The molecule has 0 fully saturated rings. The summed E-state index contributed by atoms with van der Waals surface area (Å²) in [5, 5.41) is 0. The SMILES string of the molecule is C.C.C.C.C.C.C.C.C.C=C(C)C(=O)OCC.C=C(C)C(=O)OCC.C=C(C)C(=O)OCCCCCCCCCCCCC.C=C(C)C(=O)OCCCCCCCCCCCCCCCCCCC.C=CC(=O)OCCCCCCCCCCCCC.C=CC(=O)OCCCCCCCCCCCCCCCCCCCC.C=CC(=O)OCc1ccccc1.CCCCCCCCCC. The highest BCUT2D eigenvalue weighted by atomic mass is 16.6. The third-order valence-corrected chi connectivity index (χ3v) is 20.8. The molecular weight excluding hydrogens is 1670 g/mol. The zero-order valence-electron chi connectivity index (χ0n) is 84.2. The van der Waals surface area contributed by atoms with E-state index in [9.17, 15) is 33.6 Å². The highest BCUT2D eigenvalue weighted by Crippen LogP contribution is 2.19. The molecule has 0 spiro atoms. The van der Waals surface area contributed by atoms with Crippen molar-refractivity contribution in [2.45, 2.75) is 574 Å². The van der Waals surface area contributed by atoms with E-state index < -0.39 is 0 Å². The van der Waals surface area contributed by atoms with Crippen LogP contribution in [-0.2, 0) is 73.3 Å². The minimum absolute atomic E-state index is 0. The van der Waals surface area contributed by atoms with Crippen molar-refractivity contribution in [3.63, 3.8) is 0 Å². The van der Waals surface area contributed by atoms with Gasteiger partial charge in [-0.3, -0.25) is 0 Å². The Morgan fingerprint density at radius 3 is 0.493 bits per heavy atom. The van der Waals surface area contributed by atoms with E-state index in [4.69, 9.17) is 23.7 Å². The largest absolute Gasteiger partial charge is 0.463 e. The van der Waals surface area contributed by atoms with Crippen LogP contribution >= 0.6 is 0 Å². The van der Waals surface area contributed by atoms with Crippen LogP contribution in [0.15, 0.2) is 117 Å². The Balaban J connectivity index is -0.0000000864. The zero-order chi connectivity index (χ0) is 94.4. The summed E-state index contributed by atoms with van der Waals surface area (Å²) in [7, 11) is 0. The fourth-order valence-electron chi connectivity index (χ4n) is 12.9. The van der Waals surface area contributed by atoms with E-state index in [0.29, 0.717) is 68.5 Å². The summed E-state index contributed by atoms with van der Waals surface area (Å²) in [6.45, 7) is 51.1. The molecule has 0 aliphatic rings. The van der Waals surface area contributed by atoms with Crippen molar-refractivity contribution in [3.05, 3.63) is 122 Å². The topological polar surface area (TPSA) is 184 Å². The summed E-state index contributed by atoms with van der Waals surface area (Å²) in [6.07, 6.45) is 91.8. The fourth-order valence-corrected chi connectivity index (χ4v) is 12.9. The number of ether oxygens (including phenoxy) is 7. The number of rotatable bonds is 79. The molecule has 1 rings (SSSR count). The van der Waals surface area contributed by atoms with Gasteiger partial charge in [-0.1, -0.05) is 576 Å². The van der Waals surface area contributed by atoms with E-state index >= 15 is 0 Å². The molecule has 0 amide bonds. The van der Waals surface area contributed by atoms with Gasteiger partial charge >= 0.3 is 41.8 Å². The van der Waals surface area contributed by atoms with Crippen LogP contribution in [0.3, 0.4) is 0 Å². The maximum atomic E-state index is 11.2. The molecule has 14 heteroatoms. The van der Waals surface area contributed by atoms with Gasteiger partial charge in [0.1, 0.15) is 6.61 Å². The van der Waals surface area contributed by atoms with E-state index in [2.05, 4.69) is 97.1 Å². The Hall–Kier alpha value is -6.31. The molecular formula is C120H238O14. The number of carbonyl (C=O) groups is 7. The molecule has 0 N–H and O–H groups in total. The second kappa shape index (κ2) is 147. The van der Waals surface area contributed by atoms with Crippen LogP contribution in [0.1, 0.15) is 573 Å². The summed E-state index contributed by atoms with van der Waals surface area (Å²) in [5.41, 5.74) is 2.86. The summed E-state index contributed by atoms with van der Waals surface area (Å²) < 4.78 is 34.0. The predicted octanol–water partition coefficient (Wildman–Crippen LogP) is 40.0. The normalized spacial score (nSPS) is 9.43. The second-order valence-corrected chi connectivity index (χ2v) is 33.7. The van der Waals surface area contributed by atoms with Crippen molar-refractivity contribution >= 4 is 41.8 Å². The van der Waals surface area contributed by atoms with Crippen molar-refractivity contribution in [2.24, 2.45) is 0 Å². The standard InChI is InChI=1S/2C23H44O2.C17H32O2.C16H30O2.C10H10O2.C10H22.2C6H10O2.9CH4/c1-4-5-6-7-8-9-10-11-12-13-14-15-16-17-18-19-20-21-25-23(24)22(2)3;1-3-5-6-7-8-9-10-11-12-13-14-15-16-17-18-19-20-21-22-25-23(24)4-2;1-4-5-6-7-8-9-10-11-12-13-14-15-19-17(18)16(2)3;1-3-5-6-7-8-9-10-11-12-13-14-15-18-16(17)4-2;1-2-10(11)12-8-9-6-4-3-5-7-9;1-3-5-7-9-10-8-6-4-2;2*1-4-8-6(7)5(2)3;;;;;;;;;/h2,4-21H2,1,3H3;4H,2-3,5-22H2,1H3;2,4-15H2,1,3H3;4H,2-3,5-15H2,1H3;2-7H,1,8H2;3-10H2,1-2H3;2*2,4H2,1,3H3;9*1H4. The summed E-state index contributed by atoms with van der Waals surface area (Å²) >= 11 is 0. The third-order valence-electron chi connectivity index (χ3n) is 20.8. The molecule has 802 valence electrons. The van der Waals surface area contributed by atoms with Crippen LogP contribution < -0.4 is 0 Å². The minimum Gasteiger partial charge on any atom is -0.463 e. The highest BCUT2D eigenvalue weighted by Gasteiger charge is 2.07. The second-order valence-electron chi connectivity index (χ2n) is 33.7. The van der Waals surface area contributed by atoms with Crippen molar-refractivity contribution in [1.29, 1.82) is 0 Å². The zero-order valence-corrected chi connectivity index (χ0v) is 84.2. The Morgan fingerprint density at radius 1 is 0.209 bits per heavy atom.